The lowest BCUT2D eigenvalue weighted by Gasteiger charge is -2.12. The molecule has 1 saturated heterocycles. The van der Waals surface area contributed by atoms with E-state index in [2.05, 4.69) is 30.3 Å². The highest BCUT2D eigenvalue weighted by molar-refractivity contribution is 7.97. The van der Waals surface area contributed by atoms with Gasteiger partial charge in [-0.1, -0.05) is 0 Å². The SMILES string of the molecule is CCOc1ccc2c(OCC)ccc([S+]3CCCC3)c2c1. The van der Waals surface area contributed by atoms with Gasteiger partial charge in [0, 0.05) is 21.7 Å². The van der Waals surface area contributed by atoms with Gasteiger partial charge in [0.05, 0.1) is 13.2 Å². The van der Waals surface area contributed by atoms with Crippen molar-refractivity contribution in [2.45, 2.75) is 31.6 Å². The average Bonchev–Trinajstić information content (AvgIpc) is 3.02. The summed E-state index contributed by atoms with van der Waals surface area (Å²) in [5, 5.41) is 2.54. The summed E-state index contributed by atoms with van der Waals surface area (Å²) in [6.07, 6.45) is 2.73. The van der Waals surface area contributed by atoms with Gasteiger partial charge in [-0.3, -0.25) is 0 Å². The van der Waals surface area contributed by atoms with Gasteiger partial charge in [-0.2, -0.15) is 0 Å². The van der Waals surface area contributed by atoms with E-state index in [0.717, 1.165) is 11.5 Å². The first-order valence-corrected chi connectivity index (χ1v) is 9.39. The van der Waals surface area contributed by atoms with Crippen molar-refractivity contribution < 1.29 is 9.47 Å². The molecule has 2 aromatic carbocycles. The first kappa shape index (κ1) is 14.6. The van der Waals surface area contributed by atoms with Gasteiger partial charge < -0.3 is 9.47 Å². The molecule has 1 aliphatic heterocycles. The minimum Gasteiger partial charge on any atom is -0.494 e. The summed E-state index contributed by atoms with van der Waals surface area (Å²) in [5.41, 5.74) is 0. The second-order valence-electron chi connectivity index (χ2n) is 5.24. The maximum absolute atomic E-state index is 5.80. The van der Waals surface area contributed by atoms with E-state index >= 15 is 0 Å². The predicted octanol–water partition coefficient (Wildman–Crippen LogP) is 4.41. The topological polar surface area (TPSA) is 18.5 Å². The lowest BCUT2D eigenvalue weighted by Crippen LogP contribution is -2.05. The molecule has 3 heteroatoms. The fourth-order valence-corrected chi connectivity index (χ4v) is 5.43. The zero-order chi connectivity index (χ0) is 14.7. The highest BCUT2D eigenvalue weighted by Gasteiger charge is 2.29. The average molecular weight is 303 g/mol. The Morgan fingerprint density at radius 1 is 0.905 bits per heavy atom. The summed E-state index contributed by atoms with van der Waals surface area (Å²) in [6, 6.07) is 10.8. The lowest BCUT2D eigenvalue weighted by atomic mass is 10.1. The van der Waals surface area contributed by atoms with Crippen LogP contribution in [0.3, 0.4) is 0 Å². The van der Waals surface area contributed by atoms with Crippen LogP contribution in [-0.2, 0) is 10.9 Å². The van der Waals surface area contributed by atoms with Gasteiger partial charge in [0.2, 0.25) is 0 Å². The van der Waals surface area contributed by atoms with Gasteiger partial charge in [-0.15, -0.1) is 0 Å². The summed E-state index contributed by atoms with van der Waals surface area (Å²) in [6.45, 7) is 5.47. The van der Waals surface area contributed by atoms with E-state index in [1.165, 1.54) is 40.0 Å². The molecule has 0 saturated carbocycles. The number of hydrogen-bond donors (Lipinski definition) is 0. The van der Waals surface area contributed by atoms with Crippen LogP contribution in [0.15, 0.2) is 35.2 Å². The Labute approximate surface area is 129 Å². The van der Waals surface area contributed by atoms with E-state index in [4.69, 9.17) is 9.47 Å². The van der Waals surface area contributed by atoms with Crippen LogP contribution in [-0.4, -0.2) is 24.7 Å². The van der Waals surface area contributed by atoms with Crippen molar-refractivity contribution in [2.75, 3.05) is 24.7 Å². The summed E-state index contributed by atoms with van der Waals surface area (Å²) in [5.74, 6) is 4.62. The minimum absolute atomic E-state index is 0.399. The molecule has 0 aromatic heterocycles. The van der Waals surface area contributed by atoms with Crippen LogP contribution >= 0.6 is 0 Å². The van der Waals surface area contributed by atoms with Crippen molar-refractivity contribution in [1.29, 1.82) is 0 Å². The van der Waals surface area contributed by atoms with Crippen molar-refractivity contribution in [1.82, 2.24) is 0 Å². The minimum atomic E-state index is 0.399. The number of hydrogen-bond acceptors (Lipinski definition) is 2. The van der Waals surface area contributed by atoms with E-state index in [1.54, 1.807) is 0 Å². The van der Waals surface area contributed by atoms with Gasteiger partial charge in [0.15, 0.2) is 4.90 Å². The second kappa shape index (κ2) is 6.61. The first-order chi connectivity index (χ1) is 10.3. The smallest absolute Gasteiger partial charge is 0.163 e. The Balaban J connectivity index is 2.12. The molecule has 112 valence electrons. The quantitative estimate of drug-likeness (QED) is 0.762. The van der Waals surface area contributed by atoms with E-state index in [1.807, 2.05) is 13.8 Å². The third-order valence-corrected chi connectivity index (χ3v) is 6.40. The van der Waals surface area contributed by atoms with Crippen molar-refractivity contribution in [3.8, 4) is 11.5 Å². The first-order valence-electron chi connectivity index (χ1n) is 7.83. The van der Waals surface area contributed by atoms with Crippen LogP contribution in [0.4, 0.5) is 0 Å². The maximum Gasteiger partial charge on any atom is 0.163 e. The molecule has 0 unspecified atom stereocenters. The normalized spacial score (nSPS) is 15.5. The molecule has 0 radical (unpaired) electrons. The molecule has 3 rings (SSSR count). The van der Waals surface area contributed by atoms with Crippen molar-refractivity contribution in [3.05, 3.63) is 30.3 Å². The molecule has 0 N–H and O–H groups in total. The summed E-state index contributed by atoms with van der Waals surface area (Å²) >= 11 is 0. The maximum atomic E-state index is 5.80. The highest BCUT2D eigenvalue weighted by Crippen LogP contribution is 2.36. The Bertz CT molecular complexity index is 618. The molecular weight excluding hydrogens is 280 g/mol. The third-order valence-electron chi connectivity index (χ3n) is 3.86. The van der Waals surface area contributed by atoms with Crippen LogP contribution in [0.2, 0.25) is 0 Å². The molecule has 1 fully saturated rings. The molecule has 0 bridgehead atoms. The van der Waals surface area contributed by atoms with Gasteiger partial charge in [-0.25, -0.2) is 0 Å². The van der Waals surface area contributed by atoms with Gasteiger partial charge in [0.1, 0.15) is 23.0 Å². The van der Waals surface area contributed by atoms with E-state index in [0.29, 0.717) is 24.1 Å². The highest BCUT2D eigenvalue weighted by atomic mass is 32.2. The fourth-order valence-electron chi connectivity index (χ4n) is 2.94. The zero-order valence-electron chi connectivity index (χ0n) is 12.9. The molecule has 0 atom stereocenters. The fraction of sp³-hybridized carbons (Fsp3) is 0.444. The monoisotopic (exact) mass is 303 g/mol. The molecule has 21 heavy (non-hydrogen) atoms. The van der Waals surface area contributed by atoms with Crippen molar-refractivity contribution >= 4 is 21.7 Å². The number of fused-ring (bicyclic) bond motifs is 1. The van der Waals surface area contributed by atoms with Crippen LogP contribution in [0.1, 0.15) is 26.7 Å². The van der Waals surface area contributed by atoms with Gasteiger partial charge in [0.25, 0.3) is 0 Å². The van der Waals surface area contributed by atoms with Crippen molar-refractivity contribution in [3.63, 3.8) is 0 Å². The van der Waals surface area contributed by atoms with Gasteiger partial charge in [-0.05, 0) is 57.0 Å². The standard InChI is InChI=1S/C18H23O2S/c1-3-19-14-7-8-15-16(13-14)18(21-11-5-6-12-21)10-9-17(15)20-4-2/h7-10,13H,3-6,11-12H2,1-2H3/q+1. The zero-order valence-corrected chi connectivity index (χ0v) is 13.7. The Kier molecular flexibility index (Phi) is 4.59. The molecule has 0 aliphatic carbocycles. The molecule has 0 amide bonds. The van der Waals surface area contributed by atoms with Gasteiger partial charge >= 0.3 is 0 Å². The van der Waals surface area contributed by atoms with Crippen LogP contribution in [0.25, 0.3) is 10.8 Å². The largest absolute Gasteiger partial charge is 0.494 e. The number of ether oxygens (including phenoxy) is 2. The summed E-state index contributed by atoms with van der Waals surface area (Å²) in [7, 11) is 0.399. The van der Waals surface area contributed by atoms with E-state index in [9.17, 15) is 0 Å². The second-order valence-corrected chi connectivity index (χ2v) is 7.49. The Hall–Kier alpha value is -1.35. The molecule has 1 aliphatic rings. The number of benzene rings is 2. The predicted molar refractivity (Wildman–Crippen MR) is 90.9 cm³/mol. The van der Waals surface area contributed by atoms with E-state index < -0.39 is 0 Å². The molecule has 0 spiro atoms. The van der Waals surface area contributed by atoms with Crippen LogP contribution < -0.4 is 9.47 Å². The van der Waals surface area contributed by atoms with Crippen LogP contribution in [0, 0.1) is 0 Å². The van der Waals surface area contributed by atoms with E-state index in [-0.39, 0.29) is 0 Å². The summed E-state index contributed by atoms with van der Waals surface area (Å²) in [4.78, 5) is 1.49. The lowest BCUT2D eigenvalue weighted by molar-refractivity contribution is 0.340. The van der Waals surface area contributed by atoms with Crippen molar-refractivity contribution in [2.24, 2.45) is 0 Å². The molecule has 1 heterocycles. The Morgan fingerprint density at radius 2 is 1.67 bits per heavy atom. The summed E-state index contributed by atoms with van der Waals surface area (Å²) < 4.78 is 11.5. The van der Waals surface area contributed by atoms with Crippen LogP contribution in [0.5, 0.6) is 11.5 Å². The molecular formula is C18H23O2S+. The Morgan fingerprint density at radius 3 is 2.38 bits per heavy atom. The number of rotatable bonds is 5. The molecule has 2 nitrogen and oxygen atoms in total. The third kappa shape index (κ3) is 2.98. The molecule has 2 aromatic rings.